The molecule has 0 spiro atoms. The number of nitrogens with zero attached hydrogens (tertiary/aromatic N) is 2. The van der Waals surface area contributed by atoms with Crippen LogP contribution in [-0.2, 0) is 0 Å². The van der Waals surface area contributed by atoms with Crippen LogP contribution >= 0.6 is 11.6 Å². The number of carbonyl (C=O) groups excluding carboxylic acids is 1. The summed E-state index contributed by atoms with van der Waals surface area (Å²) in [6.07, 6.45) is 6.91. The number of aliphatic hydroxyl groups is 1. The zero-order valence-corrected chi connectivity index (χ0v) is 16.6. The van der Waals surface area contributed by atoms with Crippen molar-refractivity contribution in [3.63, 3.8) is 0 Å². The highest BCUT2D eigenvalue weighted by Crippen LogP contribution is 2.28. The van der Waals surface area contributed by atoms with E-state index in [0.29, 0.717) is 22.1 Å². The third-order valence-electron chi connectivity index (χ3n) is 5.33. The summed E-state index contributed by atoms with van der Waals surface area (Å²) in [5, 5.41) is 13.0. The second-order valence-electron chi connectivity index (χ2n) is 7.14. The minimum Gasteiger partial charge on any atom is -0.394 e. The highest BCUT2D eigenvalue weighted by atomic mass is 35.5. The Morgan fingerprint density at radius 1 is 1.36 bits per heavy atom. The molecule has 1 unspecified atom stereocenters. The van der Waals surface area contributed by atoms with E-state index >= 15 is 0 Å². The Morgan fingerprint density at radius 3 is 2.79 bits per heavy atom. The first-order chi connectivity index (χ1) is 13.5. The molecule has 8 heteroatoms. The zero-order valence-electron chi connectivity index (χ0n) is 15.8. The van der Waals surface area contributed by atoms with Gasteiger partial charge in [0.2, 0.25) is 0 Å². The molecule has 0 saturated heterocycles. The molecule has 1 atom stereocenters. The Labute approximate surface area is 168 Å². The number of rotatable bonds is 6. The molecule has 1 saturated carbocycles. The molecule has 1 heterocycles. The van der Waals surface area contributed by atoms with Crippen LogP contribution in [0.5, 0.6) is 0 Å². The van der Waals surface area contributed by atoms with E-state index in [-0.39, 0.29) is 24.5 Å². The summed E-state index contributed by atoms with van der Waals surface area (Å²) in [6.45, 7) is -0.0914. The SMILES string of the molecule is CN(c1ccc(Cl)c(C(=O)NC(CO)C2CCCCC2)c1)c1ccnc(=O)[nH]1. The molecular weight excluding hydrogens is 380 g/mol. The lowest BCUT2D eigenvalue weighted by molar-refractivity contribution is 0.0871. The third kappa shape index (κ3) is 4.72. The number of amides is 1. The molecule has 28 heavy (non-hydrogen) atoms. The van der Waals surface area contributed by atoms with E-state index in [1.165, 1.54) is 12.6 Å². The minimum atomic E-state index is -0.449. The van der Waals surface area contributed by atoms with Crippen LogP contribution < -0.4 is 15.9 Å². The van der Waals surface area contributed by atoms with Gasteiger partial charge in [0.05, 0.1) is 23.2 Å². The number of nitrogens with one attached hydrogen (secondary N) is 2. The van der Waals surface area contributed by atoms with Crippen LogP contribution in [0.15, 0.2) is 35.3 Å². The fourth-order valence-electron chi connectivity index (χ4n) is 3.68. The zero-order chi connectivity index (χ0) is 20.1. The molecule has 7 nitrogen and oxygen atoms in total. The molecule has 1 fully saturated rings. The van der Waals surface area contributed by atoms with Gasteiger partial charge in [-0.15, -0.1) is 0 Å². The Kier molecular flexibility index (Phi) is 6.70. The molecule has 3 rings (SSSR count). The fraction of sp³-hybridized carbons (Fsp3) is 0.450. The number of hydrogen-bond donors (Lipinski definition) is 3. The molecule has 0 bridgehead atoms. The first-order valence-electron chi connectivity index (χ1n) is 9.50. The summed E-state index contributed by atoms with van der Waals surface area (Å²) in [6, 6.07) is 6.48. The summed E-state index contributed by atoms with van der Waals surface area (Å²) in [4.78, 5) is 32.3. The second-order valence-corrected chi connectivity index (χ2v) is 7.55. The molecule has 1 aromatic carbocycles. The van der Waals surface area contributed by atoms with E-state index < -0.39 is 5.69 Å². The van der Waals surface area contributed by atoms with E-state index in [1.54, 1.807) is 36.2 Å². The van der Waals surface area contributed by atoms with Crippen molar-refractivity contribution in [1.82, 2.24) is 15.3 Å². The normalized spacial score (nSPS) is 15.8. The summed E-state index contributed by atoms with van der Waals surface area (Å²) in [5.74, 6) is 0.520. The van der Waals surface area contributed by atoms with Crippen molar-refractivity contribution in [2.75, 3.05) is 18.6 Å². The van der Waals surface area contributed by atoms with Gasteiger partial charge in [-0.05, 0) is 43.0 Å². The molecule has 1 aliphatic rings. The highest BCUT2D eigenvalue weighted by molar-refractivity contribution is 6.34. The van der Waals surface area contributed by atoms with Gasteiger partial charge in [0, 0.05) is 18.9 Å². The van der Waals surface area contributed by atoms with E-state index in [2.05, 4.69) is 15.3 Å². The molecule has 0 radical (unpaired) electrons. The molecule has 2 aromatic rings. The predicted molar refractivity (Wildman–Crippen MR) is 109 cm³/mol. The van der Waals surface area contributed by atoms with Crippen molar-refractivity contribution in [2.45, 2.75) is 38.1 Å². The molecule has 1 amide bonds. The number of carbonyl (C=O) groups is 1. The predicted octanol–water partition coefficient (Wildman–Crippen LogP) is 2.86. The Bertz CT molecular complexity index is 880. The lowest BCUT2D eigenvalue weighted by Gasteiger charge is -2.29. The molecule has 1 aliphatic carbocycles. The van der Waals surface area contributed by atoms with Crippen molar-refractivity contribution in [3.05, 3.63) is 51.5 Å². The number of halogens is 1. The lowest BCUT2D eigenvalue weighted by Crippen LogP contribution is -2.43. The molecule has 0 aliphatic heterocycles. The van der Waals surface area contributed by atoms with E-state index in [9.17, 15) is 14.7 Å². The van der Waals surface area contributed by atoms with E-state index in [0.717, 1.165) is 25.7 Å². The molecule has 150 valence electrons. The van der Waals surface area contributed by atoms with Crippen LogP contribution in [0.2, 0.25) is 5.02 Å². The maximum absolute atomic E-state index is 12.8. The van der Waals surface area contributed by atoms with Crippen LogP contribution in [0.3, 0.4) is 0 Å². The molecule has 3 N–H and O–H groups in total. The third-order valence-corrected chi connectivity index (χ3v) is 5.66. The molecular formula is C20H25ClN4O3. The number of aromatic amines is 1. The monoisotopic (exact) mass is 404 g/mol. The van der Waals surface area contributed by atoms with Crippen LogP contribution in [0.1, 0.15) is 42.5 Å². The smallest absolute Gasteiger partial charge is 0.346 e. The van der Waals surface area contributed by atoms with Gasteiger partial charge in [0.15, 0.2) is 0 Å². The largest absolute Gasteiger partial charge is 0.394 e. The Balaban J connectivity index is 1.80. The van der Waals surface area contributed by atoms with Crippen molar-refractivity contribution in [3.8, 4) is 0 Å². The van der Waals surface area contributed by atoms with Gasteiger partial charge in [-0.25, -0.2) is 9.78 Å². The number of aliphatic hydroxyl groups excluding tert-OH is 1. The van der Waals surface area contributed by atoms with Gasteiger partial charge in [-0.2, -0.15) is 0 Å². The summed E-state index contributed by atoms with van der Waals surface area (Å²) >= 11 is 6.27. The van der Waals surface area contributed by atoms with E-state index in [1.807, 2.05) is 0 Å². The average molecular weight is 405 g/mol. The van der Waals surface area contributed by atoms with Crippen LogP contribution in [0.4, 0.5) is 11.5 Å². The highest BCUT2D eigenvalue weighted by Gasteiger charge is 2.25. The maximum atomic E-state index is 12.8. The van der Waals surface area contributed by atoms with Crippen LogP contribution in [0.25, 0.3) is 0 Å². The first kappa shape index (κ1) is 20.4. The Hall–Kier alpha value is -2.38. The number of benzene rings is 1. The van der Waals surface area contributed by atoms with Gasteiger partial charge < -0.3 is 15.3 Å². The standard InChI is InChI=1S/C20H25ClN4O3/c1-25(18-9-10-22-20(28)24-18)14-7-8-16(21)15(11-14)19(27)23-17(12-26)13-5-3-2-4-6-13/h7-11,13,17,26H,2-6,12H2,1H3,(H,23,27)(H,22,24,28). The summed E-state index contributed by atoms with van der Waals surface area (Å²) < 4.78 is 0. The second kappa shape index (κ2) is 9.21. The van der Waals surface area contributed by atoms with Crippen molar-refractivity contribution in [1.29, 1.82) is 0 Å². The topological polar surface area (TPSA) is 98.3 Å². The fourth-order valence-corrected chi connectivity index (χ4v) is 3.89. The van der Waals surface area contributed by atoms with Gasteiger partial charge >= 0.3 is 5.69 Å². The average Bonchev–Trinajstić information content (AvgIpc) is 2.72. The van der Waals surface area contributed by atoms with Crippen molar-refractivity contribution >= 4 is 29.0 Å². The number of aromatic nitrogens is 2. The molecule has 1 aromatic heterocycles. The minimum absolute atomic E-state index is 0.0914. The van der Waals surface area contributed by atoms with E-state index in [4.69, 9.17) is 11.6 Å². The number of H-pyrrole nitrogens is 1. The summed E-state index contributed by atoms with van der Waals surface area (Å²) in [7, 11) is 1.77. The van der Waals surface area contributed by atoms with Crippen LogP contribution in [0, 0.1) is 5.92 Å². The number of hydrogen-bond acceptors (Lipinski definition) is 5. The van der Waals surface area contributed by atoms with Gasteiger partial charge in [0.25, 0.3) is 5.91 Å². The maximum Gasteiger partial charge on any atom is 0.346 e. The van der Waals surface area contributed by atoms with Gasteiger partial charge in [0.1, 0.15) is 5.82 Å². The van der Waals surface area contributed by atoms with Gasteiger partial charge in [-0.1, -0.05) is 30.9 Å². The summed E-state index contributed by atoms with van der Waals surface area (Å²) in [5.41, 5.74) is 0.570. The van der Waals surface area contributed by atoms with Crippen molar-refractivity contribution < 1.29 is 9.90 Å². The first-order valence-corrected chi connectivity index (χ1v) is 9.87. The van der Waals surface area contributed by atoms with Crippen LogP contribution in [-0.4, -0.2) is 40.7 Å². The Morgan fingerprint density at radius 2 is 2.11 bits per heavy atom. The quantitative estimate of drug-likeness (QED) is 0.687. The van der Waals surface area contributed by atoms with Gasteiger partial charge in [-0.3, -0.25) is 9.78 Å². The van der Waals surface area contributed by atoms with Crippen molar-refractivity contribution in [2.24, 2.45) is 5.92 Å². The number of anilines is 2. The lowest BCUT2D eigenvalue weighted by atomic mass is 9.84.